The second-order valence-corrected chi connectivity index (χ2v) is 6.41. The summed E-state index contributed by atoms with van der Waals surface area (Å²) in [5.41, 5.74) is 0.756. The lowest BCUT2D eigenvalue weighted by Gasteiger charge is -2.35. The summed E-state index contributed by atoms with van der Waals surface area (Å²) in [6.07, 6.45) is 4.69. The van der Waals surface area contributed by atoms with Gasteiger partial charge in [0.1, 0.15) is 10.3 Å². The van der Waals surface area contributed by atoms with Crippen molar-refractivity contribution in [3.63, 3.8) is 0 Å². The van der Waals surface area contributed by atoms with E-state index in [0.29, 0.717) is 18.1 Å². The van der Waals surface area contributed by atoms with Crippen molar-refractivity contribution in [2.45, 2.75) is 32.2 Å². The van der Waals surface area contributed by atoms with Crippen LogP contribution in [0.5, 0.6) is 0 Å². The molecule has 3 heterocycles. The van der Waals surface area contributed by atoms with E-state index in [0.717, 1.165) is 29.6 Å². The predicted octanol–water partition coefficient (Wildman–Crippen LogP) is 1.82. The third-order valence-corrected chi connectivity index (χ3v) is 4.79. The summed E-state index contributed by atoms with van der Waals surface area (Å²) in [5.74, 6) is -0.125. The minimum absolute atomic E-state index is 0.0464. The molecule has 1 atom stereocenters. The number of likely N-dealkylation sites (tertiary alicyclic amines) is 1. The summed E-state index contributed by atoms with van der Waals surface area (Å²) in [5, 5.41) is 3.29. The van der Waals surface area contributed by atoms with Crippen molar-refractivity contribution in [2.24, 2.45) is 0 Å². The van der Waals surface area contributed by atoms with Crippen LogP contribution in [0.1, 0.15) is 36.0 Å². The van der Waals surface area contributed by atoms with Crippen LogP contribution in [0.4, 0.5) is 0 Å². The fourth-order valence-electron chi connectivity index (χ4n) is 2.73. The van der Waals surface area contributed by atoms with Crippen LogP contribution in [0.25, 0.3) is 10.3 Å². The number of carbonyl (C=O) groups excluding carboxylic acids is 2. The van der Waals surface area contributed by atoms with Crippen molar-refractivity contribution in [3.05, 3.63) is 23.3 Å². The number of rotatable bonds is 3. The van der Waals surface area contributed by atoms with Crippen LogP contribution in [-0.4, -0.2) is 45.8 Å². The van der Waals surface area contributed by atoms with Gasteiger partial charge in [0, 0.05) is 32.3 Å². The second kappa shape index (κ2) is 6.39. The van der Waals surface area contributed by atoms with E-state index in [-0.39, 0.29) is 17.9 Å². The van der Waals surface area contributed by atoms with E-state index in [2.05, 4.69) is 15.3 Å². The highest BCUT2D eigenvalue weighted by molar-refractivity contribution is 7.19. The lowest BCUT2D eigenvalue weighted by atomic mass is 10.0. The fraction of sp³-hybridized carbons (Fsp3) is 0.467. The number of aromatic nitrogens is 2. The molecule has 6 nitrogen and oxygen atoms in total. The Morgan fingerprint density at radius 2 is 2.32 bits per heavy atom. The lowest BCUT2D eigenvalue weighted by molar-refractivity contribution is -0.119. The molecule has 1 saturated heterocycles. The summed E-state index contributed by atoms with van der Waals surface area (Å²) in [6.45, 7) is 2.71. The maximum absolute atomic E-state index is 12.8. The first kappa shape index (κ1) is 14.9. The van der Waals surface area contributed by atoms with Crippen molar-refractivity contribution in [1.29, 1.82) is 0 Å². The maximum Gasteiger partial charge on any atom is 0.283 e. The van der Waals surface area contributed by atoms with Crippen molar-refractivity contribution in [3.8, 4) is 0 Å². The first-order valence-electron chi connectivity index (χ1n) is 7.42. The number of hydrogen-bond donors (Lipinski definition) is 1. The molecule has 7 heteroatoms. The van der Waals surface area contributed by atoms with E-state index >= 15 is 0 Å². The standard InChI is InChI=1S/C15H18N4O2S/c1-10(20)17-9-11-5-2-3-8-19(11)15(21)14-18-12-6-4-7-16-13(12)22-14/h4,6-7,11H,2-3,5,8-9H2,1H3,(H,17,20). The Labute approximate surface area is 132 Å². The first-order chi connectivity index (χ1) is 10.6. The number of piperidine rings is 1. The molecular formula is C15H18N4O2S. The van der Waals surface area contributed by atoms with Gasteiger partial charge in [-0.1, -0.05) is 11.3 Å². The van der Waals surface area contributed by atoms with Gasteiger partial charge in [0.2, 0.25) is 5.91 Å². The van der Waals surface area contributed by atoms with Gasteiger partial charge in [0.05, 0.1) is 0 Å². The average Bonchev–Trinajstić information content (AvgIpc) is 2.96. The molecule has 2 aromatic rings. The predicted molar refractivity (Wildman–Crippen MR) is 84.8 cm³/mol. The number of amides is 2. The van der Waals surface area contributed by atoms with Gasteiger partial charge < -0.3 is 10.2 Å². The second-order valence-electron chi connectivity index (χ2n) is 5.43. The Hall–Kier alpha value is -2.02. The van der Waals surface area contributed by atoms with Crippen LogP contribution in [-0.2, 0) is 4.79 Å². The molecule has 3 rings (SSSR count). The minimum Gasteiger partial charge on any atom is -0.354 e. The molecular weight excluding hydrogens is 300 g/mol. The number of fused-ring (bicyclic) bond motifs is 1. The molecule has 0 bridgehead atoms. The third kappa shape index (κ3) is 3.09. The molecule has 1 aliphatic heterocycles. The SMILES string of the molecule is CC(=O)NCC1CCCCN1C(=O)c1nc2cccnc2s1. The lowest BCUT2D eigenvalue weighted by Crippen LogP contribution is -2.49. The molecule has 1 N–H and O–H groups in total. The average molecular weight is 318 g/mol. The van der Waals surface area contributed by atoms with Crippen LogP contribution >= 0.6 is 11.3 Å². The summed E-state index contributed by atoms with van der Waals surface area (Å²) in [6, 6.07) is 3.72. The van der Waals surface area contributed by atoms with Gasteiger partial charge in [-0.15, -0.1) is 0 Å². The Morgan fingerprint density at radius 1 is 1.45 bits per heavy atom. The molecule has 116 valence electrons. The Bertz CT molecular complexity index is 667. The number of nitrogens with zero attached hydrogens (tertiary/aromatic N) is 3. The minimum atomic E-state index is -0.0674. The molecule has 1 fully saturated rings. The normalized spacial score (nSPS) is 18.4. The Balaban J connectivity index is 1.80. The van der Waals surface area contributed by atoms with Gasteiger partial charge in [-0.05, 0) is 31.4 Å². The van der Waals surface area contributed by atoms with E-state index in [1.54, 1.807) is 6.20 Å². The molecule has 0 spiro atoms. The van der Waals surface area contributed by atoms with E-state index in [1.807, 2.05) is 17.0 Å². The number of thiazole rings is 1. The summed E-state index contributed by atoms with van der Waals surface area (Å²) in [4.78, 5) is 35.1. The topological polar surface area (TPSA) is 75.2 Å². The summed E-state index contributed by atoms with van der Waals surface area (Å²) in [7, 11) is 0. The van der Waals surface area contributed by atoms with E-state index in [1.165, 1.54) is 18.3 Å². The van der Waals surface area contributed by atoms with Crippen LogP contribution < -0.4 is 5.32 Å². The van der Waals surface area contributed by atoms with Crippen molar-refractivity contribution in [2.75, 3.05) is 13.1 Å². The number of pyridine rings is 1. The largest absolute Gasteiger partial charge is 0.354 e. The maximum atomic E-state index is 12.8. The molecule has 22 heavy (non-hydrogen) atoms. The smallest absolute Gasteiger partial charge is 0.283 e. The van der Waals surface area contributed by atoms with Crippen molar-refractivity contribution < 1.29 is 9.59 Å². The van der Waals surface area contributed by atoms with Gasteiger partial charge in [-0.2, -0.15) is 0 Å². The van der Waals surface area contributed by atoms with Crippen LogP contribution in [0.2, 0.25) is 0 Å². The van der Waals surface area contributed by atoms with Gasteiger partial charge in [0.25, 0.3) is 5.91 Å². The highest BCUT2D eigenvalue weighted by Gasteiger charge is 2.29. The Morgan fingerprint density at radius 3 is 3.09 bits per heavy atom. The molecule has 1 aliphatic rings. The van der Waals surface area contributed by atoms with Gasteiger partial charge >= 0.3 is 0 Å². The molecule has 0 aromatic carbocycles. The van der Waals surface area contributed by atoms with E-state index in [4.69, 9.17) is 0 Å². The van der Waals surface area contributed by atoms with Gasteiger partial charge in [-0.25, -0.2) is 9.97 Å². The zero-order valence-electron chi connectivity index (χ0n) is 12.4. The molecule has 0 saturated carbocycles. The summed E-state index contributed by atoms with van der Waals surface area (Å²) < 4.78 is 0. The number of carbonyl (C=O) groups is 2. The molecule has 2 amide bonds. The zero-order chi connectivity index (χ0) is 15.5. The monoisotopic (exact) mass is 318 g/mol. The third-order valence-electron chi connectivity index (χ3n) is 3.82. The fourth-order valence-corrected chi connectivity index (χ4v) is 3.59. The molecule has 2 aromatic heterocycles. The van der Waals surface area contributed by atoms with E-state index < -0.39 is 0 Å². The number of hydrogen-bond acceptors (Lipinski definition) is 5. The molecule has 0 aliphatic carbocycles. The summed E-state index contributed by atoms with van der Waals surface area (Å²) >= 11 is 1.32. The van der Waals surface area contributed by atoms with E-state index in [9.17, 15) is 9.59 Å². The van der Waals surface area contributed by atoms with Crippen LogP contribution in [0.15, 0.2) is 18.3 Å². The highest BCUT2D eigenvalue weighted by atomic mass is 32.1. The number of nitrogens with one attached hydrogen (secondary N) is 1. The molecule has 0 radical (unpaired) electrons. The van der Waals surface area contributed by atoms with Gasteiger partial charge in [-0.3, -0.25) is 9.59 Å². The van der Waals surface area contributed by atoms with Gasteiger partial charge in [0.15, 0.2) is 5.01 Å². The van der Waals surface area contributed by atoms with Crippen LogP contribution in [0, 0.1) is 0 Å². The Kier molecular flexibility index (Phi) is 4.33. The quantitative estimate of drug-likeness (QED) is 0.937. The van der Waals surface area contributed by atoms with Crippen molar-refractivity contribution in [1.82, 2.24) is 20.2 Å². The zero-order valence-corrected chi connectivity index (χ0v) is 13.2. The van der Waals surface area contributed by atoms with Crippen molar-refractivity contribution >= 4 is 33.5 Å². The molecule has 1 unspecified atom stereocenters. The highest BCUT2D eigenvalue weighted by Crippen LogP contribution is 2.24. The first-order valence-corrected chi connectivity index (χ1v) is 8.24. The van der Waals surface area contributed by atoms with Crippen LogP contribution in [0.3, 0.4) is 0 Å².